The molecular weight excluding hydrogens is 294 g/mol. The molecule has 3 N–H and O–H groups in total. The Kier molecular flexibility index (Phi) is 5.71. The van der Waals surface area contributed by atoms with E-state index in [4.69, 9.17) is 0 Å². The lowest BCUT2D eigenvalue weighted by molar-refractivity contribution is -0.121. The van der Waals surface area contributed by atoms with E-state index in [-0.39, 0.29) is 43.0 Å². The Morgan fingerprint density at radius 1 is 1.37 bits per heavy atom. The van der Waals surface area contributed by atoms with Crippen molar-refractivity contribution in [2.24, 2.45) is 0 Å². The number of amides is 1. The summed E-state index contributed by atoms with van der Waals surface area (Å²) in [6.07, 6.45) is 1.10. The van der Waals surface area contributed by atoms with E-state index in [1.54, 1.807) is 0 Å². The van der Waals surface area contributed by atoms with E-state index in [0.717, 1.165) is 6.26 Å². The molecule has 0 aromatic carbocycles. The summed E-state index contributed by atoms with van der Waals surface area (Å²) < 4.78 is 46.5. The van der Waals surface area contributed by atoms with E-state index in [1.165, 1.54) is 0 Å². The molecule has 0 aromatic heterocycles. The monoisotopic (exact) mass is 313 g/mol. The molecule has 1 amide bonds. The molecule has 1 aliphatic rings. The molecule has 0 aliphatic carbocycles. The molecular formula is C9H19N3O5S2. The quantitative estimate of drug-likeness (QED) is 0.463. The zero-order chi connectivity index (χ0) is 14.5. The maximum atomic E-state index is 11.5. The molecule has 10 heteroatoms. The molecule has 0 aromatic rings. The number of rotatable bonds is 6. The Balaban J connectivity index is 2.24. The molecule has 112 valence electrons. The smallest absolute Gasteiger partial charge is 0.221 e. The minimum atomic E-state index is -3.26. The van der Waals surface area contributed by atoms with Crippen molar-refractivity contribution in [3.8, 4) is 0 Å². The van der Waals surface area contributed by atoms with Crippen LogP contribution in [0.5, 0.6) is 0 Å². The Bertz CT molecular complexity index is 514. The molecule has 1 fully saturated rings. The highest BCUT2D eigenvalue weighted by Gasteiger charge is 2.25. The average Bonchev–Trinajstić information content (AvgIpc) is 2.21. The fourth-order valence-electron chi connectivity index (χ4n) is 1.73. The molecule has 1 atom stereocenters. The standard InChI is InChI=1S/C9H19N3O5S2/c1-18(14,15)12-3-2-11-9(13)6-8-7-19(16,17)5-4-10-8/h8,10,12H,2-7H2,1H3,(H,11,13). The summed E-state index contributed by atoms with van der Waals surface area (Å²) in [5, 5.41) is 5.50. The van der Waals surface area contributed by atoms with E-state index in [1.807, 2.05) is 0 Å². The predicted molar refractivity (Wildman–Crippen MR) is 70.9 cm³/mol. The highest BCUT2D eigenvalue weighted by molar-refractivity contribution is 7.91. The summed E-state index contributed by atoms with van der Waals surface area (Å²) in [6.45, 7) is 0.641. The van der Waals surface area contributed by atoms with Crippen LogP contribution >= 0.6 is 0 Å². The van der Waals surface area contributed by atoms with Gasteiger partial charge in [-0.25, -0.2) is 21.6 Å². The fourth-order valence-corrected chi connectivity index (χ4v) is 3.65. The van der Waals surface area contributed by atoms with Gasteiger partial charge in [0.1, 0.15) is 0 Å². The van der Waals surface area contributed by atoms with Gasteiger partial charge in [-0.1, -0.05) is 0 Å². The van der Waals surface area contributed by atoms with Crippen molar-refractivity contribution >= 4 is 25.8 Å². The third-order valence-corrected chi connectivity index (χ3v) is 5.01. The van der Waals surface area contributed by atoms with Crippen molar-refractivity contribution in [3.05, 3.63) is 0 Å². The summed E-state index contributed by atoms with van der Waals surface area (Å²) >= 11 is 0. The van der Waals surface area contributed by atoms with Crippen LogP contribution in [0.3, 0.4) is 0 Å². The second-order valence-corrected chi connectivity index (χ2v) is 8.55. The van der Waals surface area contributed by atoms with Crippen LogP contribution < -0.4 is 15.4 Å². The van der Waals surface area contributed by atoms with Crippen LogP contribution in [0.15, 0.2) is 0 Å². The van der Waals surface area contributed by atoms with E-state index in [0.29, 0.717) is 6.54 Å². The lowest BCUT2D eigenvalue weighted by Gasteiger charge is -2.23. The maximum absolute atomic E-state index is 11.5. The number of sulfonamides is 1. The molecule has 0 radical (unpaired) electrons. The number of sulfone groups is 1. The summed E-state index contributed by atoms with van der Waals surface area (Å²) in [6, 6.07) is -0.374. The van der Waals surface area contributed by atoms with Crippen LogP contribution in [0.2, 0.25) is 0 Å². The fraction of sp³-hybridized carbons (Fsp3) is 0.889. The highest BCUT2D eigenvalue weighted by Crippen LogP contribution is 2.04. The predicted octanol–water partition coefficient (Wildman–Crippen LogP) is -2.57. The van der Waals surface area contributed by atoms with Gasteiger partial charge >= 0.3 is 0 Å². The second-order valence-electron chi connectivity index (χ2n) is 4.49. The highest BCUT2D eigenvalue weighted by atomic mass is 32.2. The van der Waals surface area contributed by atoms with Crippen molar-refractivity contribution in [1.82, 2.24) is 15.4 Å². The maximum Gasteiger partial charge on any atom is 0.221 e. The summed E-state index contributed by atoms with van der Waals surface area (Å²) in [7, 11) is -6.31. The van der Waals surface area contributed by atoms with Crippen LogP contribution in [0.25, 0.3) is 0 Å². The summed E-state index contributed by atoms with van der Waals surface area (Å²) in [5.74, 6) is -0.240. The van der Waals surface area contributed by atoms with Gasteiger partial charge < -0.3 is 10.6 Å². The number of hydrogen-bond acceptors (Lipinski definition) is 6. The molecule has 1 unspecified atom stereocenters. The molecule has 0 bridgehead atoms. The number of carbonyl (C=O) groups excluding carboxylic acids is 1. The lowest BCUT2D eigenvalue weighted by atomic mass is 10.2. The number of hydrogen-bond donors (Lipinski definition) is 3. The molecule has 1 saturated heterocycles. The van der Waals surface area contributed by atoms with Crippen LogP contribution in [0, 0.1) is 0 Å². The summed E-state index contributed by atoms with van der Waals surface area (Å²) in [5.41, 5.74) is 0. The first kappa shape index (κ1) is 16.3. The Morgan fingerprint density at radius 3 is 2.63 bits per heavy atom. The molecule has 19 heavy (non-hydrogen) atoms. The van der Waals surface area contributed by atoms with Crippen LogP contribution in [0.1, 0.15) is 6.42 Å². The normalized spacial score (nSPS) is 22.9. The number of carbonyl (C=O) groups is 1. The van der Waals surface area contributed by atoms with Crippen molar-refractivity contribution in [2.75, 3.05) is 37.4 Å². The van der Waals surface area contributed by atoms with Gasteiger partial charge in [0.15, 0.2) is 9.84 Å². The van der Waals surface area contributed by atoms with E-state index in [2.05, 4.69) is 15.4 Å². The zero-order valence-electron chi connectivity index (χ0n) is 10.7. The second kappa shape index (κ2) is 6.64. The van der Waals surface area contributed by atoms with E-state index >= 15 is 0 Å². The Hall–Kier alpha value is -0.710. The summed E-state index contributed by atoms with van der Waals surface area (Å²) in [4.78, 5) is 11.5. The van der Waals surface area contributed by atoms with Crippen molar-refractivity contribution in [3.63, 3.8) is 0 Å². The van der Waals surface area contributed by atoms with E-state index in [9.17, 15) is 21.6 Å². The topological polar surface area (TPSA) is 121 Å². The van der Waals surface area contributed by atoms with Crippen molar-refractivity contribution in [1.29, 1.82) is 0 Å². The van der Waals surface area contributed by atoms with E-state index < -0.39 is 19.9 Å². The third-order valence-electron chi connectivity index (χ3n) is 2.54. The van der Waals surface area contributed by atoms with Crippen LogP contribution in [-0.2, 0) is 24.7 Å². The van der Waals surface area contributed by atoms with Gasteiger partial charge in [-0.3, -0.25) is 4.79 Å². The SMILES string of the molecule is CS(=O)(=O)NCCNC(=O)CC1CS(=O)(=O)CCN1. The van der Waals surface area contributed by atoms with Gasteiger partial charge in [0.2, 0.25) is 15.9 Å². The van der Waals surface area contributed by atoms with Crippen molar-refractivity contribution in [2.45, 2.75) is 12.5 Å². The molecule has 1 rings (SSSR count). The first-order valence-corrected chi connectivity index (χ1v) is 9.54. The minimum Gasteiger partial charge on any atom is -0.355 e. The van der Waals surface area contributed by atoms with Crippen LogP contribution in [0.4, 0.5) is 0 Å². The Labute approximate surface area is 113 Å². The minimum absolute atomic E-state index is 0.0397. The lowest BCUT2D eigenvalue weighted by Crippen LogP contribution is -2.47. The van der Waals surface area contributed by atoms with Gasteiger partial charge in [-0.2, -0.15) is 0 Å². The van der Waals surface area contributed by atoms with Gasteiger partial charge in [0.25, 0.3) is 0 Å². The molecule has 0 saturated carbocycles. The Morgan fingerprint density at radius 2 is 2.05 bits per heavy atom. The molecule has 1 heterocycles. The largest absolute Gasteiger partial charge is 0.355 e. The third kappa shape index (κ3) is 7.45. The zero-order valence-corrected chi connectivity index (χ0v) is 12.3. The van der Waals surface area contributed by atoms with Crippen LogP contribution in [-0.4, -0.2) is 66.2 Å². The van der Waals surface area contributed by atoms with Gasteiger partial charge in [-0.15, -0.1) is 0 Å². The first-order valence-electron chi connectivity index (χ1n) is 5.83. The van der Waals surface area contributed by atoms with Gasteiger partial charge in [-0.05, 0) is 0 Å². The first-order chi connectivity index (χ1) is 8.68. The van der Waals surface area contributed by atoms with Crippen molar-refractivity contribution < 1.29 is 21.6 Å². The molecule has 8 nitrogen and oxygen atoms in total. The average molecular weight is 313 g/mol. The van der Waals surface area contributed by atoms with Gasteiger partial charge in [0, 0.05) is 32.1 Å². The number of nitrogens with one attached hydrogen (secondary N) is 3. The van der Waals surface area contributed by atoms with Gasteiger partial charge in [0.05, 0.1) is 17.8 Å². The molecule has 1 aliphatic heterocycles. The molecule has 0 spiro atoms.